The van der Waals surface area contributed by atoms with Crippen LogP contribution in [0.2, 0.25) is 5.02 Å². The number of amides is 1. The average molecular weight is 429 g/mol. The number of anilines is 1. The van der Waals surface area contributed by atoms with Crippen LogP contribution in [0.5, 0.6) is 0 Å². The first-order chi connectivity index (χ1) is 14.5. The molecule has 1 aliphatic rings. The third kappa shape index (κ3) is 4.47. The van der Waals surface area contributed by atoms with Crippen LogP contribution in [0.1, 0.15) is 16.1 Å². The Balaban J connectivity index is 1.47. The molecular weight excluding hydrogens is 407 g/mol. The van der Waals surface area contributed by atoms with E-state index in [1.165, 1.54) is 18.2 Å². The van der Waals surface area contributed by atoms with Gasteiger partial charge < -0.3 is 19.6 Å². The number of carbonyl (C=O) groups is 1. The molecule has 0 spiro atoms. The molecule has 6 nitrogen and oxygen atoms in total. The molecule has 156 valence electrons. The summed E-state index contributed by atoms with van der Waals surface area (Å²) in [4.78, 5) is 17.2. The highest BCUT2D eigenvalue weighted by atomic mass is 35.5. The molecule has 1 amide bonds. The van der Waals surface area contributed by atoms with Crippen LogP contribution < -0.4 is 10.2 Å². The highest BCUT2D eigenvalue weighted by Gasteiger charge is 2.20. The maximum absolute atomic E-state index is 13.4. The van der Waals surface area contributed by atoms with Gasteiger partial charge in [0, 0.05) is 60.6 Å². The fourth-order valence-electron chi connectivity index (χ4n) is 3.49. The molecule has 0 aliphatic carbocycles. The minimum atomic E-state index is -0.408. The van der Waals surface area contributed by atoms with Gasteiger partial charge in [0.25, 0.3) is 5.91 Å². The second kappa shape index (κ2) is 8.85. The SMILES string of the molecule is CN1CCN(c2cccc(Cl)c2CNC(=O)c2cc(-c3cccc(F)c3)no2)CC1. The quantitative estimate of drug-likeness (QED) is 0.669. The average Bonchev–Trinajstić information content (AvgIpc) is 3.24. The molecule has 1 aliphatic heterocycles. The summed E-state index contributed by atoms with van der Waals surface area (Å²) in [6.07, 6.45) is 0. The molecular formula is C22H22ClFN4O2. The van der Waals surface area contributed by atoms with Gasteiger partial charge in [0.2, 0.25) is 5.76 Å². The number of rotatable bonds is 5. The highest BCUT2D eigenvalue weighted by Crippen LogP contribution is 2.28. The lowest BCUT2D eigenvalue weighted by molar-refractivity contribution is 0.0914. The zero-order valence-electron chi connectivity index (χ0n) is 16.6. The summed E-state index contributed by atoms with van der Waals surface area (Å²) >= 11 is 6.45. The van der Waals surface area contributed by atoms with E-state index in [9.17, 15) is 9.18 Å². The van der Waals surface area contributed by atoms with Crippen molar-refractivity contribution in [3.63, 3.8) is 0 Å². The molecule has 1 aromatic heterocycles. The molecule has 0 bridgehead atoms. The Labute approximate surface area is 179 Å². The lowest BCUT2D eigenvalue weighted by Crippen LogP contribution is -2.45. The van der Waals surface area contributed by atoms with Gasteiger partial charge in [-0.2, -0.15) is 0 Å². The molecule has 2 heterocycles. The van der Waals surface area contributed by atoms with E-state index in [-0.39, 0.29) is 18.1 Å². The number of likely N-dealkylation sites (N-methyl/N-ethyl adjacent to an activating group) is 1. The molecule has 1 N–H and O–H groups in total. The first kappa shape index (κ1) is 20.4. The van der Waals surface area contributed by atoms with Crippen molar-refractivity contribution in [2.75, 3.05) is 38.1 Å². The van der Waals surface area contributed by atoms with Gasteiger partial charge in [-0.25, -0.2) is 4.39 Å². The van der Waals surface area contributed by atoms with Gasteiger partial charge in [-0.05, 0) is 31.3 Å². The van der Waals surface area contributed by atoms with E-state index in [0.29, 0.717) is 16.3 Å². The van der Waals surface area contributed by atoms with E-state index >= 15 is 0 Å². The Kier molecular flexibility index (Phi) is 6.01. The zero-order chi connectivity index (χ0) is 21.1. The fourth-order valence-corrected chi connectivity index (χ4v) is 3.72. The summed E-state index contributed by atoms with van der Waals surface area (Å²) in [6.45, 7) is 4.00. The van der Waals surface area contributed by atoms with E-state index in [2.05, 4.69) is 27.3 Å². The maximum atomic E-state index is 13.4. The molecule has 3 aromatic rings. The standard InChI is InChI=1S/C22H22ClFN4O2/c1-27-8-10-28(11-9-27)20-7-3-6-18(23)17(20)14-25-22(29)21-13-19(26-30-21)15-4-2-5-16(24)12-15/h2-7,12-13H,8-11,14H2,1H3,(H,25,29). The van der Waals surface area contributed by atoms with Crippen LogP contribution in [0.4, 0.5) is 10.1 Å². The van der Waals surface area contributed by atoms with Gasteiger partial charge in [0.05, 0.1) is 0 Å². The molecule has 0 radical (unpaired) electrons. The van der Waals surface area contributed by atoms with Crippen molar-refractivity contribution in [3.8, 4) is 11.3 Å². The number of piperazine rings is 1. The molecule has 0 unspecified atom stereocenters. The molecule has 2 aromatic carbocycles. The maximum Gasteiger partial charge on any atom is 0.290 e. The van der Waals surface area contributed by atoms with Gasteiger partial charge in [0.1, 0.15) is 11.5 Å². The zero-order valence-corrected chi connectivity index (χ0v) is 17.3. The number of halogens is 2. The third-order valence-electron chi connectivity index (χ3n) is 5.22. The number of aromatic nitrogens is 1. The molecule has 0 saturated carbocycles. The molecule has 1 fully saturated rings. The first-order valence-electron chi connectivity index (χ1n) is 9.73. The van der Waals surface area contributed by atoms with Crippen LogP contribution in [0.25, 0.3) is 11.3 Å². The van der Waals surface area contributed by atoms with Crippen LogP contribution in [0, 0.1) is 5.82 Å². The Hall–Kier alpha value is -2.90. The topological polar surface area (TPSA) is 61.6 Å². The van der Waals surface area contributed by atoms with Gasteiger partial charge in [-0.1, -0.05) is 35.0 Å². The molecule has 1 saturated heterocycles. The van der Waals surface area contributed by atoms with Crippen LogP contribution >= 0.6 is 11.6 Å². The third-order valence-corrected chi connectivity index (χ3v) is 5.57. The Morgan fingerprint density at radius 1 is 1.17 bits per heavy atom. The van der Waals surface area contributed by atoms with Gasteiger partial charge in [-0.3, -0.25) is 4.79 Å². The van der Waals surface area contributed by atoms with Crippen molar-refractivity contribution >= 4 is 23.2 Å². The first-order valence-corrected chi connectivity index (χ1v) is 10.1. The minimum absolute atomic E-state index is 0.0578. The van der Waals surface area contributed by atoms with Crippen LogP contribution in [0.15, 0.2) is 53.1 Å². The largest absolute Gasteiger partial charge is 0.369 e. The van der Waals surface area contributed by atoms with Crippen molar-refractivity contribution < 1.29 is 13.7 Å². The normalized spacial score (nSPS) is 14.7. The van der Waals surface area contributed by atoms with Gasteiger partial charge in [-0.15, -0.1) is 0 Å². The van der Waals surface area contributed by atoms with Gasteiger partial charge >= 0.3 is 0 Å². The van der Waals surface area contributed by atoms with E-state index in [4.69, 9.17) is 16.1 Å². The van der Waals surface area contributed by atoms with Crippen LogP contribution in [0.3, 0.4) is 0 Å². The Morgan fingerprint density at radius 2 is 1.93 bits per heavy atom. The molecule has 8 heteroatoms. The smallest absolute Gasteiger partial charge is 0.290 e. The second-order valence-electron chi connectivity index (χ2n) is 7.30. The van der Waals surface area contributed by atoms with Crippen molar-refractivity contribution in [1.82, 2.24) is 15.4 Å². The van der Waals surface area contributed by atoms with Crippen molar-refractivity contribution in [1.29, 1.82) is 0 Å². The lowest BCUT2D eigenvalue weighted by atomic mass is 10.1. The van der Waals surface area contributed by atoms with E-state index in [1.807, 2.05) is 18.2 Å². The fraction of sp³-hybridized carbons (Fsp3) is 0.273. The van der Waals surface area contributed by atoms with E-state index < -0.39 is 5.91 Å². The summed E-state index contributed by atoms with van der Waals surface area (Å²) in [7, 11) is 2.10. The van der Waals surface area contributed by atoms with Crippen LogP contribution in [-0.2, 0) is 6.54 Å². The van der Waals surface area contributed by atoms with E-state index in [1.54, 1.807) is 12.1 Å². The van der Waals surface area contributed by atoms with Gasteiger partial charge in [0.15, 0.2) is 0 Å². The summed E-state index contributed by atoms with van der Waals surface area (Å²) in [6, 6.07) is 13.2. The minimum Gasteiger partial charge on any atom is -0.369 e. The Bertz CT molecular complexity index is 1050. The number of benzene rings is 2. The predicted molar refractivity (Wildman–Crippen MR) is 114 cm³/mol. The predicted octanol–water partition coefficient (Wildman–Crippen LogP) is 3.82. The lowest BCUT2D eigenvalue weighted by Gasteiger charge is -2.35. The van der Waals surface area contributed by atoms with Crippen molar-refractivity contribution in [2.45, 2.75) is 6.54 Å². The summed E-state index contributed by atoms with van der Waals surface area (Å²) in [5.41, 5.74) is 2.83. The summed E-state index contributed by atoms with van der Waals surface area (Å²) in [5.74, 6) is -0.728. The summed E-state index contributed by atoms with van der Waals surface area (Å²) in [5, 5.41) is 7.33. The molecule has 0 atom stereocenters. The van der Waals surface area contributed by atoms with Crippen LogP contribution in [-0.4, -0.2) is 49.2 Å². The summed E-state index contributed by atoms with van der Waals surface area (Å²) < 4.78 is 18.6. The Morgan fingerprint density at radius 3 is 2.70 bits per heavy atom. The van der Waals surface area contributed by atoms with Crippen molar-refractivity contribution in [3.05, 3.63) is 70.7 Å². The number of hydrogen-bond donors (Lipinski definition) is 1. The monoisotopic (exact) mass is 428 g/mol. The number of hydrogen-bond acceptors (Lipinski definition) is 5. The van der Waals surface area contributed by atoms with Crippen molar-refractivity contribution in [2.24, 2.45) is 0 Å². The van der Waals surface area contributed by atoms with E-state index in [0.717, 1.165) is 37.4 Å². The molecule has 30 heavy (non-hydrogen) atoms. The number of nitrogens with one attached hydrogen (secondary N) is 1. The number of nitrogens with zero attached hydrogens (tertiary/aromatic N) is 3. The molecule has 4 rings (SSSR count). The highest BCUT2D eigenvalue weighted by molar-refractivity contribution is 6.31. The number of carbonyl (C=O) groups excluding carboxylic acids is 1. The second-order valence-corrected chi connectivity index (χ2v) is 7.70.